The summed E-state index contributed by atoms with van der Waals surface area (Å²) >= 11 is 6.07. The topological polar surface area (TPSA) is 40.5 Å². The van der Waals surface area contributed by atoms with Crippen LogP contribution in [-0.4, -0.2) is 9.79 Å². The van der Waals surface area contributed by atoms with Gasteiger partial charge in [-0.3, -0.25) is 0 Å². The maximum atomic E-state index is 9.95. The fourth-order valence-electron chi connectivity index (χ4n) is 6.23. The molecular formula is C38H71O2PS2. The predicted molar refractivity (Wildman–Crippen MR) is 199 cm³/mol. The van der Waals surface area contributed by atoms with E-state index < -0.39 is 5.69 Å². The van der Waals surface area contributed by atoms with Gasteiger partial charge in [0.05, 0.1) is 0 Å². The number of unbranched alkanes of at least 4 members (excludes halogenated alkanes) is 26. The lowest BCUT2D eigenvalue weighted by molar-refractivity contribution is 0.502. The summed E-state index contributed by atoms with van der Waals surface area (Å²) in [5.74, 6) is 0. The predicted octanol–water partition coefficient (Wildman–Crippen LogP) is 14.0. The van der Waals surface area contributed by atoms with E-state index in [0.29, 0.717) is 0 Å². The summed E-state index contributed by atoms with van der Waals surface area (Å²) in [4.78, 5) is 20.9. The Hall–Kier alpha value is 0.140. The summed E-state index contributed by atoms with van der Waals surface area (Å²) in [6.45, 7) is 4.58. The first-order chi connectivity index (χ1) is 21.0. The zero-order chi connectivity index (χ0) is 31.3. The zero-order valence-corrected chi connectivity index (χ0v) is 31.1. The molecule has 1 aromatic carbocycles. The van der Waals surface area contributed by atoms with Gasteiger partial charge in [0.1, 0.15) is 0 Å². The monoisotopic (exact) mass is 654 g/mol. The Morgan fingerprint density at radius 2 is 0.814 bits per heavy atom. The molecule has 0 bridgehead atoms. The molecule has 1 aromatic rings. The molecule has 0 radical (unpaired) electrons. The van der Waals surface area contributed by atoms with Crippen LogP contribution in [0.1, 0.15) is 205 Å². The van der Waals surface area contributed by atoms with Crippen LogP contribution in [0.4, 0.5) is 0 Å². The van der Waals surface area contributed by atoms with Gasteiger partial charge in [-0.05, 0) is 66.1 Å². The zero-order valence-electron chi connectivity index (χ0n) is 28.6. The standard InChI is InChI=1S/C38H71O2PS2/c1-3-5-7-9-11-13-15-17-19-21-23-25-27-29-31-36-33-34-38(43-41(39,40)42)37(35-36)32-30-28-26-24-22-20-18-16-14-12-10-8-6-4-2/h33-35H,3-32H2,1-2H3,(H2,39,40,42). The molecule has 5 heteroatoms. The third kappa shape index (κ3) is 27.0. The van der Waals surface area contributed by atoms with Crippen LogP contribution in [0.25, 0.3) is 0 Å². The minimum Gasteiger partial charge on any atom is -0.337 e. The van der Waals surface area contributed by atoms with Crippen LogP contribution in [0.3, 0.4) is 0 Å². The Morgan fingerprint density at radius 1 is 0.488 bits per heavy atom. The molecule has 1 rings (SSSR count). The molecule has 2 nitrogen and oxygen atoms in total. The van der Waals surface area contributed by atoms with Crippen LogP contribution in [0, 0.1) is 0 Å². The van der Waals surface area contributed by atoms with E-state index in [2.05, 4.69) is 32.0 Å². The smallest absolute Gasteiger partial charge is 0.246 e. The van der Waals surface area contributed by atoms with Gasteiger partial charge in [-0.1, -0.05) is 193 Å². The van der Waals surface area contributed by atoms with Crippen molar-refractivity contribution in [3.05, 3.63) is 29.3 Å². The first kappa shape index (κ1) is 41.2. The highest BCUT2D eigenvalue weighted by Gasteiger charge is 2.14. The van der Waals surface area contributed by atoms with Crippen LogP contribution in [0.15, 0.2) is 23.1 Å². The fraction of sp³-hybridized carbons (Fsp3) is 0.842. The number of hydrogen-bond acceptors (Lipinski definition) is 2. The van der Waals surface area contributed by atoms with Crippen molar-refractivity contribution in [3.63, 3.8) is 0 Å². The molecule has 0 unspecified atom stereocenters. The van der Waals surface area contributed by atoms with Gasteiger partial charge < -0.3 is 9.79 Å². The first-order valence-corrected chi connectivity index (χ1v) is 23.0. The average molecular weight is 655 g/mol. The molecule has 2 N–H and O–H groups in total. The van der Waals surface area contributed by atoms with Gasteiger partial charge in [0, 0.05) is 4.90 Å². The number of hydrogen-bond donors (Lipinski definition) is 2. The molecule has 0 aliphatic carbocycles. The molecule has 0 heterocycles. The Kier molecular flexibility index (Phi) is 28.3. The first-order valence-electron chi connectivity index (χ1n) is 18.8. The Morgan fingerprint density at radius 3 is 1.16 bits per heavy atom. The summed E-state index contributed by atoms with van der Waals surface area (Å²) in [7, 11) is 0. The van der Waals surface area contributed by atoms with Crippen molar-refractivity contribution in [3.8, 4) is 0 Å². The third-order valence-electron chi connectivity index (χ3n) is 8.96. The van der Waals surface area contributed by atoms with Crippen molar-refractivity contribution in [1.29, 1.82) is 0 Å². The van der Waals surface area contributed by atoms with Gasteiger partial charge in [0.15, 0.2) is 0 Å². The molecule has 0 spiro atoms. The minimum atomic E-state index is -3.31. The molecule has 0 aromatic heterocycles. The van der Waals surface area contributed by atoms with Gasteiger partial charge in [-0.15, -0.1) is 0 Å². The summed E-state index contributed by atoms with van der Waals surface area (Å²) in [5.41, 5.74) is -0.642. The minimum absolute atomic E-state index is 0.979. The van der Waals surface area contributed by atoms with E-state index >= 15 is 0 Å². The van der Waals surface area contributed by atoms with Crippen molar-refractivity contribution < 1.29 is 9.79 Å². The maximum absolute atomic E-state index is 9.95. The average Bonchev–Trinajstić information content (AvgIpc) is 2.98. The van der Waals surface area contributed by atoms with Crippen molar-refractivity contribution in [2.45, 2.75) is 211 Å². The van der Waals surface area contributed by atoms with E-state index in [1.165, 1.54) is 191 Å². The molecule has 0 saturated heterocycles. The van der Waals surface area contributed by atoms with E-state index in [-0.39, 0.29) is 0 Å². The lowest BCUT2D eigenvalue weighted by atomic mass is 9.99. The van der Waals surface area contributed by atoms with Crippen LogP contribution < -0.4 is 0 Å². The number of aryl methyl sites for hydroxylation is 2. The lowest BCUT2D eigenvalue weighted by Gasteiger charge is -2.14. The van der Waals surface area contributed by atoms with Crippen molar-refractivity contribution >= 4 is 28.9 Å². The van der Waals surface area contributed by atoms with Gasteiger partial charge in [0.25, 0.3) is 0 Å². The van der Waals surface area contributed by atoms with Gasteiger partial charge in [-0.2, -0.15) is 0 Å². The van der Waals surface area contributed by atoms with Gasteiger partial charge in [-0.25, -0.2) is 0 Å². The quantitative estimate of drug-likeness (QED) is 0.0599. The van der Waals surface area contributed by atoms with Crippen molar-refractivity contribution in [2.75, 3.05) is 0 Å². The molecule has 252 valence electrons. The molecule has 0 fully saturated rings. The second-order valence-corrected chi connectivity index (χ2v) is 19.1. The van der Waals surface area contributed by atoms with Gasteiger partial charge in [0.2, 0.25) is 5.69 Å². The molecule has 0 aliphatic rings. The second kappa shape index (κ2) is 29.5. The van der Waals surface area contributed by atoms with E-state index in [9.17, 15) is 9.79 Å². The molecule has 0 saturated carbocycles. The maximum Gasteiger partial charge on any atom is 0.246 e. The summed E-state index contributed by atoms with van der Waals surface area (Å²) in [6.07, 6.45) is 40.8. The normalized spacial score (nSPS) is 11.9. The summed E-state index contributed by atoms with van der Waals surface area (Å²) in [5, 5.41) is 0. The van der Waals surface area contributed by atoms with Crippen molar-refractivity contribution in [1.82, 2.24) is 0 Å². The van der Waals surface area contributed by atoms with Crippen LogP contribution in [-0.2, 0) is 24.6 Å². The Bertz CT molecular complexity index is 794. The highest BCUT2D eigenvalue weighted by atomic mass is 32.9. The Labute approximate surface area is 278 Å². The molecule has 0 aliphatic heterocycles. The highest BCUT2D eigenvalue weighted by Crippen LogP contribution is 2.55. The number of rotatable bonds is 32. The highest BCUT2D eigenvalue weighted by molar-refractivity contribution is 8.67. The van der Waals surface area contributed by atoms with Crippen LogP contribution in [0.2, 0.25) is 0 Å². The van der Waals surface area contributed by atoms with Crippen molar-refractivity contribution in [2.24, 2.45) is 0 Å². The molecule has 0 amide bonds. The second-order valence-electron chi connectivity index (χ2n) is 13.2. The summed E-state index contributed by atoms with van der Waals surface area (Å²) < 4.78 is 0. The number of benzene rings is 1. The summed E-state index contributed by atoms with van der Waals surface area (Å²) in [6, 6.07) is 6.61. The van der Waals surface area contributed by atoms with E-state index in [4.69, 9.17) is 11.8 Å². The van der Waals surface area contributed by atoms with E-state index in [1.54, 1.807) is 0 Å². The van der Waals surface area contributed by atoms with Crippen LogP contribution in [0.5, 0.6) is 0 Å². The Balaban J connectivity index is 2.18. The lowest BCUT2D eigenvalue weighted by Crippen LogP contribution is -1.94. The fourth-order valence-corrected chi connectivity index (χ4v) is 8.92. The third-order valence-corrected chi connectivity index (χ3v) is 11.8. The van der Waals surface area contributed by atoms with Crippen LogP contribution >= 0.6 is 17.1 Å². The molecular weight excluding hydrogens is 584 g/mol. The van der Waals surface area contributed by atoms with Gasteiger partial charge >= 0.3 is 0 Å². The molecule has 0 atom stereocenters. The largest absolute Gasteiger partial charge is 0.337 e. The molecule has 43 heavy (non-hydrogen) atoms. The van der Waals surface area contributed by atoms with E-state index in [0.717, 1.165) is 29.1 Å². The SMILES string of the molecule is CCCCCCCCCCCCCCCCc1ccc(SP(O)(O)=S)c(CCCCCCCCCCCCCCCC)c1. The van der Waals surface area contributed by atoms with E-state index in [1.807, 2.05) is 0 Å².